The van der Waals surface area contributed by atoms with Crippen molar-refractivity contribution in [1.82, 2.24) is 0 Å². The van der Waals surface area contributed by atoms with Crippen LogP contribution in [0.3, 0.4) is 0 Å². The summed E-state index contributed by atoms with van der Waals surface area (Å²) in [5, 5.41) is 0. The Morgan fingerprint density at radius 2 is 1.48 bits per heavy atom. The van der Waals surface area contributed by atoms with Crippen LogP contribution in [0.1, 0.15) is 37.6 Å². The van der Waals surface area contributed by atoms with Crippen LogP contribution in [-0.4, -0.2) is 48.9 Å². The molecule has 0 saturated carbocycles. The van der Waals surface area contributed by atoms with Gasteiger partial charge in [-0.15, -0.1) is 0 Å². The molecule has 1 rings (SSSR count). The molecule has 1 aromatic carbocycles. The van der Waals surface area contributed by atoms with Gasteiger partial charge in [0.2, 0.25) is 0 Å². The zero-order valence-electron chi connectivity index (χ0n) is 14.8. The smallest absolute Gasteiger partial charge is 0.302 e. The predicted molar refractivity (Wildman–Crippen MR) is 99.3 cm³/mol. The first-order chi connectivity index (χ1) is 11.8. The SMILES string of the molecule is CCC(Br)C(=O)c1ccc(N(CCOC(C)=O)CCOC(C)=O)cc1. The molecule has 1 unspecified atom stereocenters. The molecule has 25 heavy (non-hydrogen) atoms. The molecule has 0 aliphatic carbocycles. The minimum Gasteiger partial charge on any atom is -0.464 e. The molecule has 1 aromatic rings. The summed E-state index contributed by atoms with van der Waals surface area (Å²) in [5.74, 6) is -0.645. The average molecular weight is 414 g/mol. The van der Waals surface area contributed by atoms with Crippen LogP contribution in [0, 0.1) is 0 Å². The van der Waals surface area contributed by atoms with Gasteiger partial charge in [0.1, 0.15) is 13.2 Å². The van der Waals surface area contributed by atoms with E-state index in [4.69, 9.17) is 9.47 Å². The Kier molecular flexibility index (Phi) is 9.20. The molecule has 0 aromatic heterocycles. The molecular formula is C18H24BrNO5. The van der Waals surface area contributed by atoms with Crippen LogP contribution < -0.4 is 4.90 Å². The van der Waals surface area contributed by atoms with Crippen molar-refractivity contribution in [3.05, 3.63) is 29.8 Å². The fourth-order valence-electron chi connectivity index (χ4n) is 2.17. The summed E-state index contributed by atoms with van der Waals surface area (Å²) in [6.07, 6.45) is 0.720. The number of esters is 2. The molecule has 0 fully saturated rings. The zero-order valence-corrected chi connectivity index (χ0v) is 16.4. The first-order valence-corrected chi connectivity index (χ1v) is 9.06. The van der Waals surface area contributed by atoms with Crippen molar-refractivity contribution in [2.45, 2.75) is 32.0 Å². The van der Waals surface area contributed by atoms with E-state index in [9.17, 15) is 14.4 Å². The second-order valence-electron chi connectivity index (χ2n) is 5.45. The third-order valence-corrected chi connectivity index (χ3v) is 4.56. The van der Waals surface area contributed by atoms with E-state index in [0.717, 1.165) is 12.1 Å². The molecule has 0 radical (unpaired) electrons. The molecule has 0 saturated heterocycles. The van der Waals surface area contributed by atoms with Crippen molar-refractivity contribution in [1.29, 1.82) is 0 Å². The molecule has 0 aliphatic rings. The van der Waals surface area contributed by atoms with Crippen molar-refractivity contribution < 1.29 is 23.9 Å². The number of ketones is 1. The molecule has 138 valence electrons. The number of hydrogen-bond acceptors (Lipinski definition) is 6. The van der Waals surface area contributed by atoms with Crippen molar-refractivity contribution in [3.8, 4) is 0 Å². The number of halogens is 1. The summed E-state index contributed by atoms with van der Waals surface area (Å²) >= 11 is 3.36. The van der Waals surface area contributed by atoms with E-state index in [1.165, 1.54) is 13.8 Å². The van der Waals surface area contributed by atoms with E-state index in [0.29, 0.717) is 18.7 Å². The quantitative estimate of drug-likeness (QED) is 0.333. The Hall–Kier alpha value is -1.89. The van der Waals surface area contributed by atoms with Crippen molar-refractivity contribution in [3.63, 3.8) is 0 Å². The number of anilines is 1. The third-order valence-electron chi connectivity index (χ3n) is 3.49. The lowest BCUT2D eigenvalue weighted by molar-refractivity contribution is -0.141. The standard InChI is InChI=1S/C18H24BrNO5/c1-4-17(19)18(23)15-5-7-16(8-6-15)20(9-11-24-13(2)21)10-12-25-14(3)22/h5-8,17H,4,9-12H2,1-3H3. The van der Waals surface area contributed by atoms with Crippen LogP contribution in [0.2, 0.25) is 0 Å². The Morgan fingerprint density at radius 1 is 1.00 bits per heavy atom. The topological polar surface area (TPSA) is 72.9 Å². The zero-order chi connectivity index (χ0) is 18.8. The molecule has 0 spiro atoms. The lowest BCUT2D eigenvalue weighted by atomic mass is 10.1. The minimum absolute atomic E-state index is 0.0421. The highest BCUT2D eigenvalue weighted by molar-refractivity contribution is 9.10. The molecule has 6 nitrogen and oxygen atoms in total. The van der Waals surface area contributed by atoms with Crippen LogP contribution in [0.4, 0.5) is 5.69 Å². The normalized spacial score (nSPS) is 11.5. The maximum absolute atomic E-state index is 12.2. The molecule has 0 amide bonds. The summed E-state index contributed by atoms with van der Waals surface area (Å²) in [4.78, 5) is 35.8. The number of carbonyl (C=O) groups is 3. The van der Waals surface area contributed by atoms with Gasteiger partial charge in [-0.3, -0.25) is 14.4 Å². The number of Topliss-reactive ketones (excluding diaryl/α,β-unsaturated/α-hetero) is 1. The van der Waals surface area contributed by atoms with E-state index in [1.54, 1.807) is 12.1 Å². The van der Waals surface area contributed by atoms with Gasteiger partial charge in [-0.05, 0) is 30.7 Å². The third kappa shape index (κ3) is 7.69. The number of alkyl halides is 1. The van der Waals surface area contributed by atoms with Gasteiger partial charge >= 0.3 is 11.9 Å². The molecule has 1 atom stereocenters. The van der Waals surface area contributed by atoms with Crippen LogP contribution in [0.15, 0.2) is 24.3 Å². The Bertz CT molecular complexity index is 568. The van der Waals surface area contributed by atoms with Gasteiger partial charge in [-0.25, -0.2) is 0 Å². The second-order valence-corrected chi connectivity index (χ2v) is 6.56. The van der Waals surface area contributed by atoms with Crippen molar-refractivity contribution >= 4 is 39.3 Å². The largest absolute Gasteiger partial charge is 0.464 e. The summed E-state index contributed by atoms with van der Waals surface area (Å²) in [7, 11) is 0. The van der Waals surface area contributed by atoms with Gasteiger partial charge < -0.3 is 14.4 Å². The summed E-state index contributed by atoms with van der Waals surface area (Å²) < 4.78 is 9.96. The highest BCUT2D eigenvalue weighted by atomic mass is 79.9. The molecular weight excluding hydrogens is 390 g/mol. The fourth-order valence-corrected chi connectivity index (χ4v) is 2.44. The summed E-state index contributed by atoms with van der Waals surface area (Å²) in [6.45, 7) is 6.04. The number of rotatable bonds is 10. The Labute approximate surface area is 156 Å². The Morgan fingerprint density at radius 3 is 1.88 bits per heavy atom. The fraction of sp³-hybridized carbons (Fsp3) is 0.500. The first-order valence-electron chi connectivity index (χ1n) is 8.15. The number of nitrogens with zero attached hydrogens (tertiary/aromatic N) is 1. The molecule has 0 bridgehead atoms. The number of benzene rings is 1. The lowest BCUT2D eigenvalue weighted by Crippen LogP contribution is -2.31. The van der Waals surface area contributed by atoms with Gasteiger partial charge in [0.25, 0.3) is 0 Å². The maximum Gasteiger partial charge on any atom is 0.302 e. The predicted octanol–water partition coefficient (Wildman–Crippen LogP) is 2.98. The van der Waals surface area contributed by atoms with Gasteiger partial charge in [-0.1, -0.05) is 22.9 Å². The average Bonchev–Trinajstić information content (AvgIpc) is 2.58. The van der Waals surface area contributed by atoms with Gasteiger partial charge in [0.15, 0.2) is 5.78 Å². The van der Waals surface area contributed by atoms with E-state index in [1.807, 2.05) is 24.0 Å². The number of ether oxygens (including phenoxy) is 2. The summed E-state index contributed by atoms with van der Waals surface area (Å²) in [5.41, 5.74) is 1.49. The van der Waals surface area contributed by atoms with E-state index < -0.39 is 0 Å². The number of carbonyl (C=O) groups excluding carboxylic acids is 3. The monoisotopic (exact) mass is 413 g/mol. The maximum atomic E-state index is 12.2. The first kappa shape index (κ1) is 21.2. The molecule has 0 aliphatic heterocycles. The van der Waals surface area contributed by atoms with Gasteiger partial charge in [-0.2, -0.15) is 0 Å². The molecule has 0 heterocycles. The minimum atomic E-state index is -0.344. The van der Waals surface area contributed by atoms with Crippen molar-refractivity contribution in [2.75, 3.05) is 31.2 Å². The van der Waals surface area contributed by atoms with Crippen LogP contribution in [-0.2, 0) is 19.1 Å². The van der Waals surface area contributed by atoms with Crippen molar-refractivity contribution in [2.24, 2.45) is 0 Å². The van der Waals surface area contributed by atoms with E-state index in [2.05, 4.69) is 15.9 Å². The van der Waals surface area contributed by atoms with Gasteiger partial charge in [0, 0.05) is 25.1 Å². The van der Waals surface area contributed by atoms with E-state index in [-0.39, 0.29) is 35.8 Å². The van der Waals surface area contributed by atoms with Crippen LogP contribution in [0.5, 0.6) is 0 Å². The summed E-state index contributed by atoms with van der Waals surface area (Å²) in [6, 6.07) is 7.22. The van der Waals surface area contributed by atoms with Gasteiger partial charge in [0.05, 0.1) is 17.9 Å². The molecule has 7 heteroatoms. The second kappa shape index (κ2) is 10.9. The van der Waals surface area contributed by atoms with Crippen LogP contribution in [0.25, 0.3) is 0 Å². The Balaban J connectivity index is 2.79. The lowest BCUT2D eigenvalue weighted by Gasteiger charge is -2.24. The molecule has 0 N–H and O–H groups in total. The highest BCUT2D eigenvalue weighted by Gasteiger charge is 2.15. The number of hydrogen-bond donors (Lipinski definition) is 0. The van der Waals surface area contributed by atoms with E-state index >= 15 is 0 Å². The van der Waals surface area contributed by atoms with Crippen LogP contribution >= 0.6 is 15.9 Å². The highest BCUT2D eigenvalue weighted by Crippen LogP contribution is 2.19.